The second-order valence-electron chi connectivity index (χ2n) is 4.34. The lowest BCUT2D eigenvalue weighted by Gasteiger charge is -2.10. The van der Waals surface area contributed by atoms with Crippen molar-refractivity contribution in [3.05, 3.63) is 65.0 Å². The van der Waals surface area contributed by atoms with Gasteiger partial charge in [0.25, 0.3) is 0 Å². The van der Waals surface area contributed by atoms with Gasteiger partial charge in [-0.2, -0.15) is 0 Å². The molecule has 2 aromatic carbocycles. The van der Waals surface area contributed by atoms with Gasteiger partial charge in [-0.25, -0.2) is 4.39 Å². The first kappa shape index (κ1) is 13.5. The second-order valence-corrected chi connectivity index (χ2v) is 4.78. The standard InChI is InChI=1S/C15H15FN2S/c1-10-4-2-3-5-11(10)9-18-12-6-7-13(15(17)19)14(16)8-12/h2-8,18H,9H2,1H3,(H2,17,19). The summed E-state index contributed by atoms with van der Waals surface area (Å²) in [4.78, 5) is 0.0722. The molecule has 0 aromatic heterocycles. The van der Waals surface area contributed by atoms with Gasteiger partial charge in [0.05, 0.1) is 0 Å². The second kappa shape index (κ2) is 5.80. The Morgan fingerprint density at radius 3 is 2.63 bits per heavy atom. The number of halogens is 1. The van der Waals surface area contributed by atoms with E-state index in [-0.39, 0.29) is 10.6 Å². The molecule has 0 aliphatic rings. The summed E-state index contributed by atoms with van der Waals surface area (Å²) in [6.07, 6.45) is 0. The SMILES string of the molecule is Cc1ccccc1CNc1ccc(C(N)=S)c(F)c1. The average Bonchev–Trinajstić information content (AvgIpc) is 2.37. The van der Waals surface area contributed by atoms with Crippen molar-refractivity contribution in [3.8, 4) is 0 Å². The number of rotatable bonds is 4. The lowest BCUT2D eigenvalue weighted by atomic mass is 10.1. The van der Waals surface area contributed by atoms with Crippen molar-refractivity contribution in [2.75, 3.05) is 5.32 Å². The predicted octanol–water partition coefficient (Wildman–Crippen LogP) is 3.38. The fourth-order valence-corrected chi connectivity index (χ4v) is 2.00. The summed E-state index contributed by atoms with van der Waals surface area (Å²) in [7, 11) is 0. The average molecular weight is 274 g/mol. The third-order valence-electron chi connectivity index (χ3n) is 2.98. The van der Waals surface area contributed by atoms with Crippen LogP contribution in [0.15, 0.2) is 42.5 Å². The zero-order valence-corrected chi connectivity index (χ0v) is 11.4. The topological polar surface area (TPSA) is 38.0 Å². The molecule has 0 aliphatic carbocycles. The Morgan fingerprint density at radius 1 is 1.26 bits per heavy atom. The van der Waals surface area contributed by atoms with Crippen molar-refractivity contribution < 1.29 is 4.39 Å². The van der Waals surface area contributed by atoms with E-state index in [1.807, 2.05) is 31.2 Å². The van der Waals surface area contributed by atoms with E-state index in [1.165, 1.54) is 17.2 Å². The number of thiocarbonyl (C=S) groups is 1. The summed E-state index contributed by atoms with van der Waals surface area (Å²) in [5.41, 5.74) is 8.79. The minimum atomic E-state index is -0.401. The first-order valence-corrected chi connectivity index (χ1v) is 6.36. The summed E-state index contributed by atoms with van der Waals surface area (Å²) in [5.74, 6) is -0.401. The van der Waals surface area contributed by atoms with Crippen LogP contribution < -0.4 is 11.1 Å². The summed E-state index contributed by atoms with van der Waals surface area (Å²) in [5, 5.41) is 3.18. The molecule has 0 aliphatic heterocycles. The van der Waals surface area contributed by atoms with Gasteiger partial charge in [0.1, 0.15) is 10.8 Å². The van der Waals surface area contributed by atoms with Gasteiger partial charge in [-0.3, -0.25) is 0 Å². The highest BCUT2D eigenvalue weighted by atomic mass is 32.1. The van der Waals surface area contributed by atoms with Crippen LogP contribution >= 0.6 is 12.2 Å². The fourth-order valence-electron chi connectivity index (χ4n) is 1.83. The van der Waals surface area contributed by atoms with Gasteiger partial charge in [0.15, 0.2) is 0 Å². The minimum Gasteiger partial charge on any atom is -0.389 e. The van der Waals surface area contributed by atoms with Crippen LogP contribution in [0.3, 0.4) is 0 Å². The van der Waals surface area contributed by atoms with Crippen molar-refractivity contribution in [2.45, 2.75) is 13.5 Å². The van der Waals surface area contributed by atoms with Crippen LogP contribution in [0.2, 0.25) is 0 Å². The molecule has 0 heterocycles. The number of benzene rings is 2. The Hall–Kier alpha value is -1.94. The van der Waals surface area contributed by atoms with Crippen LogP contribution in [0, 0.1) is 12.7 Å². The van der Waals surface area contributed by atoms with Crippen molar-refractivity contribution >= 4 is 22.9 Å². The molecule has 0 saturated carbocycles. The number of nitrogens with one attached hydrogen (secondary N) is 1. The lowest BCUT2D eigenvalue weighted by molar-refractivity contribution is 0.626. The molecule has 98 valence electrons. The van der Waals surface area contributed by atoms with Gasteiger partial charge in [0.2, 0.25) is 0 Å². The van der Waals surface area contributed by atoms with Gasteiger partial charge >= 0.3 is 0 Å². The first-order chi connectivity index (χ1) is 9.08. The van der Waals surface area contributed by atoms with Gasteiger partial charge in [-0.15, -0.1) is 0 Å². The molecule has 2 rings (SSSR count). The largest absolute Gasteiger partial charge is 0.389 e. The Balaban J connectivity index is 2.11. The van der Waals surface area contributed by atoms with E-state index in [0.717, 1.165) is 0 Å². The molecule has 0 fully saturated rings. The Bertz CT molecular complexity index is 611. The monoisotopic (exact) mass is 274 g/mol. The van der Waals surface area contributed by atoms with E-state index >= 15 is 0 Å². The van der Waals surface area contributed by atoms with Crippen LogP contribution in [0.5, 0.6) is 0 Å². The highest BCUT2D eigenvalue weighted by Gasteiger charge is 2.06. The van der Waals surface area contributed by atoms with E-state index in [2.05, 4.69) is 5.32 Å². The Labute approximate surface area is 117 Å². The number of nitrogens with two attached hydrogens (primary N) is 1. The third-order valence-corrected chi connectivity index (χ3v) is 3.20. The van der Waals surface area contributed by atoms with Gasteiger partial charge < -0.3 is 11.1 Å². The van der Waals surface area contributed by atoms with Gasteiger partial charge in [-0.05, 0) is 36.2 Å². The van der Waals surface area contributed by atoms with E-state index in [9.17, 15) is 4.39 Å². The molecule has 19 heavy (non-hydrogen) atoms. The number of anilines is 1. The summed E-state index contributed by atoms with van der Waals surface area (Å²) in [6.45, 7) is 2.70. The van der Waals surface area contributed by atoms with Crippen LogP contribution in [-0.2, 0) is 6.54 Å². The molecule has 0 radical (unpaired) electrons. The van der Waals surface area contributed by atoms with Crippen molar-refractivity contribution in [1.29, 1.82) is 0 Å². The van der Waals surface area contributed by atoms with E-state index in [0.29, 0.717) is 12.2 Å². The molecule has 0 bridgehead atoms. The molecule has 2 nitrogen and oxygen atoms in total. The molecule has 2 aromatic rings. The minimum absolute atomic E-state index is 0.0722. The van der Waals surface area contributed by atoms with Crippen molar-refractivity contribution in [1.82, 2.24) is 0 Å². The summed E-state index contributed by atoms with van der Waals surface area (Å²) in [6, 6.07) is 12.9. The van der Waals surface area contributed by atoms with Crippen LogP contribution in [-0.4, -0.2) is 4.99 Å². The van der Waals surface area contributed by atoms with E-state index in [4.69, 9.17) is 18.0 Å². The number of hydrogen-bond donors (Lipinski definition) is 2. The fraction of sp³-hybridized carbons (Fsp3) is 0.133. The molecule has 4 heteroatoms. The smallest absolute Gasteiger partial charge is 0.135 e. The Morgan fingerprint density at radius 2 is 2.00 bits per heavy atom. The van der Waals surface area contributed by atoms with Crippen molar-refractivity contribution in [2.24, 2.45) is 5.73 Å². The molecule has 3 N–H and O–H groups in total. The Kier molecular flexibility index (Phi) is 4.12. The zero-order valence-electron chi connectivity index (χ0n) is 10.6. The van der Waals surface area contributed by atoms with Crippen LogP contribution in [0.4, 0.5) is 10.1 Å². The summed E-state index contributed by atoms with van der Waals surface area (Å²) < 4.78 is 13.7. The lowest BCUT2D eigenvalue weighted by Crippen LogP contribution is -2.12. The summed E-state index contributed by atoms with van der Waals surface area (Å²) >= 11 is 4.77. The molecule has 0 saturated heterocycles. The van der Waals surface area contributed by atoms with Gasteiger partial charge in [0, 0.05) is 17.8 Å². The maximum atomic E-state index is 13.7. The molecule has 0 spiro atoms. The van der Waals surface area contributed by atoms with Crippen LogP contribution in [0.25, 0.3) is 0 Å². The van der Waals surface area contributed by atoms with Gasteiger partial charge in [-0.1, -0.05) is 36.5 Å². The number of aryl methyl sites for hydroxylation is 1. The molecule has 0 amide bonds. The normalized spacial score (nSPS) is 10.2. The predicted molar refractivity (Wildman–Crippen MR) is 80.8 cm³/mol. The molecule has 0 unspecified atom stereocenters. The molecular formula is C15H15FN2S. The van der Waals surface area contributed by atoms with E-state index in [1.54, 1.807) is 12.1 Å². The van der Waals surface area contributed by atoms with E-state index < -0.39 is 5.82 Å². The maximum absolute atomic E-state index is 13.7. The molecular weight excluding hydrogens is 259 g/mol. The third kappa shape index (κ3) is 3.29. The highest BCUT2D eigenvalue weighted by molar-refractivity contribution is 7.80. The highest BCUT2D eigenvalue weighted by Crippen LogP contribution is 2.16. The maximum Gasteiger partial charge on any atom is 0.135 e. The van der Waals surface area contributed by atoms with Crippen molar-refractivity contribution in [3.63, 3.8) is 0 Å². The van der Waals surface area contributed by atoms with Crippen LogP contribution in [0.1, 0.15) is 16.7 Å². The molecule has 0 atom stereocenters. The number of hydrogen-bond acceptors (Lipinski definition) is 2. The quantitative estimate of drug-likeness (QED) is 0.839. The first-order valence-electron chi connectivity index (χ1n) is 5.95. The zero-order chi connectivity index (χ0) is 13.8.